The van der Waals surface area contributed by atoms with Crippen LogP contribution in [-0.2, 0) is 14.4 Å². The molecule has 30 heavy (non-hydrogen) atoms. The summed E-state index contributed by atoms with van der Waals surface area (Å²) in [5.74, 6) is 1.54. The van der Waals surface area contributed by atoms with Gasteiger partial charge in [0.1, 0.15) is 11.5 Å². The van der Waals surface area contributed by atoms with Crippen LogP contribution in [0.15, 0.2) is 18.2 Å². The summed E-state index contributed by atoms with van der Waals surface area (Å²) in [6.45, 7) is 2.25. The number of likely N-dealkylation sites (tertiary alicyclic amines) is 2. The number of anilines is 1. The van der Waals surface area contributed by atoms with Gasteiger partial charge in [-0.2, -0.15) is 0 Å². The molecule has 0 spiro atoms. The topological polar surface area (TPSA) is 88.2 Å². The van der Waals surface area contributed by atoms with Gasteiger partial charge < -0.3 is 24.6 Å². The third kappa shape index (κ3) is 5.87. The van der Waals surface area contributed by atoms with Crippen LogP contribution >= 0.6 is 0 Å². The van der Waals surface area contributed by atoms with E-state index in [0.29, 0.717) is 49.0 Å². The quantitative estimate of drug-likeness (QED) is 0.701. The average Bonchev–Trinajstić information content (AvgIpc) is 3.16. The predicted octanol–water partition coefficient (Wildman–Crippen LogP) is 2.28. The molecule has 0 bridgehead atoms. The van der Waals surface area contributed by atoms with Crippen LogP contribution in [0.3, 0.4) is 0 Å². The molecule has 2 aliphatic heterocycles. The number of hydrogen-bond acceptors (Lipinski definition) is 5. The molecule has 8 heteroatoms. The first-order chi connectivity index (χ1) is 14.5. The monoisotopic (exact) mass is 417 g/mol. The fourth-order valence-electron chi connectivity index (χ4n) is 4.10. The first kappa shape index (κ1) is 21.9. The zero-order valence-electron chi connectivity index (χ0n) is 17.8. The molecule has 2 fully saturated rings. The van der Waals surface area contributed by atoms with Crippen molar-refractivity contribution >= 4 is 23.4 Å². The van der Waals surface area contributed by atoms with Gasteiger partial charge >= 0.3 is 0 Å². The molecule has 8 nitrogen and oxygen atoms in total. The van der Waals surface area contributed by atoms with Crippen molar-refractivity contribution < 1.29 is 23.9 Å². The smallest absolute Gasteiger partial charge is 0.242 e. The summed E-state index contributed by atoms with van der Waals surface area (Å²) in [6.07, 6.45) is 4.43. The number of nitrogens with one attached hydrogen (secondary N) is 1. The van der Waals surface area contributed by atoms with Crippen LogP contribution in [0.4, 0.5) is 5.69 Å². The Morgan fingerprint density at radius 3 is 2.47 bits per heavy atom. The number of amides is 3. The van der Waals surface area contributed by atoms with Crippen molar-refractivity contribution in [2.45, 2.75) is 38.5 Å². The van der Waals surface area contributed by atoms with Crippen molar-refractivity contribution in [1.29, 1.82) is 0 Å². The Kier molecular flexibility index (Phi) is 7.54. The normalized spacial score (nSPS) is 19.0. The van der Waals surface area contributed by atoms with Gasteiger partial charge in [0.15, 0.2) is 0 Å². The van der Waals surface area contributed by atoms with Gasteiger partial charge in [-0.1, -0.05) is 0 Å². The van der Waals surface area contributed by atoms with E-state index in [1.165, 1.54) is 0 Å². The second kappa shape index (κ2) is 10.3. The Hall–Kier alpha value is -2.77. The predicted molar refractivity (Wildman–Crippen MR) is 113 cm³/mol. The van der Waals surface area contributed by atoms with Crippen molar-refractivity contribution in [3.05, 3.63) is 18.2 Å². The zero-order chi connectivity index (χ0) is 21.5. The molecule has 2 saturated heterocycles. The van der Waals surface area contributed by atoms with Crippen LogP contribution in [0.25, 0.3) is 0 Å². The molecule has 1 N–H and O–H groups in total. The van der Waals surface area contributed by atoms with Crippen LogP contribution in [0, 0.1) is 5.92 Å². The van der Waals surface area contributed by atoms with Crippen molar-refractivity contribution in [2.24, 2.45) is 5.92 Å². The summed E-state index contributed by atoms with van der Waals surface area (Å²) in [5.41, 5.74) is 0.631. The maximum atomic E-state index is 12.6. The second-order valence-corrected chi connectivity index (χ2v) is 7.96. The molecule has 164 valence electrons. The highest BCUT2D eigenvalue weighted by molar-refractivity contribution is 5.91. The van der Waals surface area contributed by atoms with E-state index in [1.807, 2.05) is 4.90 Å². The van der Waals surface area contributed by atoms with Crippen LogP contribution in [0.5, 0.6) is 11.5 Å². The van der Waals surface area contributed by atoms with E-state index < -0.39 is 0 Å². The third-order valence-electron chi connectivity index (χ3n) is 5.78. The molecule has 0 radical (unpaired) electrons. The van der Waals surface area contributed by atoms with Gasteiger partial charge in [0.05, 0.1) is 20.8 Å². The summed E-state index contributed by atoms with van der Waals surface area (Å²) < 4.78 is 10.5. The molecule has 0 aliphatic carbocycles. The first-order valence-corrected chi connectivity index (χ1v) is 10.6. The highest BCUT2D eigenvalue weighted by Crippen LogP contribution is 2.26. The summed E-state index contributed by atoms with van der Waals surface area (Å²) in [7, 11) is 3.13. The lowest BCUT2D eigenvalue weighted by Crippen LogP contribution is -2.45. The standard InChI is InChI=1S/C22H31N3O5/c1-29-18-11-17(12-19(13-18)30-2)23-20(26)8-7-16-5-3-9-24(14-16)22(28)15-25-10-4-6-21(25)27/h11-13,16H,3-10,14-15H2,1-2H3,(H,23,26)/t16-/m0/s1. The van der Waals surface area contributed by atoms with Crippen LogP contribution < -0.4 is 14.8 Å². The van der Waals surface area contributed by atoms with E-state index >= 15 is 0 Å². The number of carbonyl (C=O) groups is 3. The summed E-state index contributed by atoms with van der Waals surface area (Å²) in [4.78, 5) is 40.3. The molecule has 0 saturated carbocycles. The largest absolute Gasteiger partial charge is 0.497 e. The Morgan fingerprint density at radius 1 is 1.10 bits per heavy atom. The molecule has 2 aliphatic rings. The zero-order valence-corrected chi connectivity index (χ0v) is 17.8. The lowest BCUT2D eigenvalue weighted by Gasteiger charge is -2.33. The highest BCUT2D eigenvalue weighted by Gasteiger charge is 2.28. The highest BCUT2D eigenvalue weighted by atomic mass is 16.5. The Morgan fingerprint density at radius 2 is 1.83 bits per heavy atom. The Labute approximate surface area is 177 Å². The molecular weight excluding hydrogens is 386 g/mol. The molecule has 1 aromatic carbocycles. The van der Waals surface area contributed by atoms with E-state index in [2.05, 4.69) is 5.32 Å². The minimum absolute atomic E-state index is 0.0166. The SMILES string of the molecule is COc1cc(NC(=O)CC[C@@H]2CCCN(C(=O)CN3CCCC3=O)C2)cc(OC)c1. The first-order valence-electron chi connectivity index (χ1n) is 10.6. The number of carbonyl (C=O) groups excluding carboxylic acids is 3. The fraction of sp³-hybridized carbons (Fsp3) is 0.591. The van der Waals surface area contributed by atoms with Crippen molar-refractivity contribution in [2.75, 3.05) is 45.7 Å². The molecule has 0 aromatic heterocycles. The van der Waals surface area contributed by atoms with E-state index in [0.717, 1.165) is 32.2 Å². The lowest BCUT2D eigenvalue weighted by molar-refractivity contribution is -0.139. The number of hydrogen-bond donors (Lipinski definition) is 1. The summed E-state index contributed by atoms with van der Waals surface area (Å²) in [6, 6.07) is 5.25. The van der Waals surface area contributed by atoms with Gasteiger partial charge in [0.25, 0.3) is 0 Å². The number of methoxy groups -OCH3 is 2. The van der Waals surface area contributed by atoms with Gasteiger partial charge in [0.2, 0.25) is 17.7 Å². The number of nitrogens with zero attached hydrogens (tertiary/aromatic N) is 2. The number of piperidine rings is 1. The number of benzene rings is 1. The maximum Gasteiger partial charge on any atom is 0.242 e. The van der Waals surface area contributed by atoms with Crippen molar-refractivity contribution in [3.8, 4) is 11.5 Å². The molecular formula is C22H31N3O5. The average molecular weight is 418 g/mol. The van der Waals surface area contributed by atoms with Crippen LogP contribution in [0.2, 0.25) is 0 Å². The number of ether oxygens (including phenoxy) is 2. The lowest BCUT2D eigenvalue weighted by atomic mass is 9.93. The van der Waals surface area contributed by atoms with Gasteiger partial charge in [-0.25, -0.2) is 0 Å². The molecule has 1 atom stereocenters. The Balaban J connectivity index is 1.46. The third-order valence-corrected chi connectivity index (χ3v) is 5.78. The van der Waals surface area contributed by atoms with Crippen LogP contribution in [-0.4, -0.2) is 67.9 Å². The van der Waals surface area contributed by atoms with E-state index in [9.17, 15) is 14.4 Å². The van der Waals surface area contributed by atoms with E-state index in [4.69, 9.17) is 9.47 Å². The minimum Gasteiger partial charge on any atom is -0.497 e. The minimum atomic E-state index is -0.0728. The van der Waals surface area contributed by atoms with Gasteiger partial charge in [-0.05, 0) is 31.6 Å². The molecule has 2 heterocycles. The summed E-state index contributed by atoms with van der Waals surface area (Å²) >= 11 is 0. The number of rotatable bonds is 8. The maximum absolute atomic E-state index is 12.6. The van der Waals surface area contributed by atoms with Gasteiger partial charge in [0, 0.05) is 56.4 Å². The van der Waals surface area contributed by atoms with Crippen LogP contribution in [0.1, 0.15) is 38.5 Å². The molecule has 0 unspecified atom stereocenters. The molecule has 3 rings (SSSR count). The fourth-order valence-corrected chi connectivity index (χ4v) is 4.10. The van der Waals surface area contributed by atoms with Crippen molar-refractivity contribution in [1.82, 2.24) is 9.80 Å². The summed E-state index contributed by atoms with van der Waals surface area (Å²) in [5, 5.41) is 2.89. The van der Waals surface area contributed by atoms with Gasteiger partial charge in [-0.3, -0.25) is 14.4 Å². The van der Waals surface area contributed by atoms with E-state index in [-0.39, 0.29) is 24.3 Å². The Bertz CT molecular complexity index is 760. The second-order valence-electron chi connectivity index (χ2n) is 7.96. The van der Waals surface area contributed by atoms with Gasteiger partial charge in [-0.15, -0.1) is 0 Å². The van der Waals surface area contributed by atoms with E-state index in [1.54, 1.807) is 37.3 Å². The van der Waals surface area contributed by atoms with Crippen molar-refractivity contribution in [3.63, 3.8) is 0 Å². The molecule has 3 amide bonds. The molecule has 1 aromatic rings.